The number of benzene rings is 1. The Hall–Kier alpha value is -2.89. The smallest absolute Gasteiger partial charge is 0.287 e. The summed E-state index contributed by atoms with van der Waals surface area (Å²) in [7, 11) is 0. The summed E-state index contributed by atoms with van der Waals surface area (Å²) >= 11 is 0. The van der Waals surface area contributed by atoms with Crippen LogP contribution in [-0.2, 0) is 6.54 Å². The molecule has 24 heavy (non-hydrogen) atoms. The number of imidazole rings is 1. The number of aromatic nitrogens is 2. The Kier molecular flexibility index (Phi) is 4.20. The number of rotatable bonds is 4. The molecule has 0 bridgehead atoms. The van der Waals surface area contributed by atoms with E-state index < -0.39 is 5.91 Å². The highest BCUT2D eigenvalue weighted by atomic mass is 16.3. The lowest BCUT2D eigenvalue weighted by Crippen LogP contribution is -2.26. The van der Waals surface area contributed by atoms with Gasteiger partial charge in [-0.05, 0) is 32.9 Å². The summed E-state index contributed by atoms with van der Waals surface area (Å²) in [4.78, 5) is 28.3. The number of carbonyl (C=O) groups is 1. The van der Waals surface area contributed by atoms with Crippen LogP contribution in [0.5, 0.6) is 0 Å². The highest BCUT2D eigenvalue weighted by molar-refractivity contribution is 5.91. The maximum atomic E-state index is 12.2. The lowest BCUT2D eigenvalue weighted by molar-refractivity contribution is 0.0917. The van der Waals surface area contributed by atoms with Crippen LogP contribution in [0.3, 0.4) is 0 Å². The van der Waals surface area contributed by atoms with Gasteiger partial charge in [-0.15, -0.1) is 0 Å². The fourth-order valence-corrected chi connectivity index (χ4v) is 2.76. The molecule has 1 aromatic carbocycles. The average molecular weight is 325 g/mol. The summed E-state index contributed by atoms with van der Waals surface area (Å²) in [6.07, 6.45) is 0. The van der Waals surface area contributed by atoms with Gasteiger partial charge in [0, 0.05) is 18.2 Å². The zero-order chi connectivity index (χ0) is 17.3. The summed E-state index contributed by atoms with van der Waals surface area (Å²) in [5, 5.41) is 2.77. The monoisotopic (exact) mass is 325 g/mol. The largest absolute Gasteiger partial charge is 0.456 e. The van der Waals surface area contributed by atoms with E-state index in [1.807, 2.05) is 24.3 Å². The molecule has 0 aliphatic rings. The molecule has 3 rings (SSSR count). The molecule has 6 heteroatoms. The van der Waals surface area contributed by atoms with Crippen molar-refractivity contribution in [2.75, 3.05) is 0 Å². The summed E-state index contributed by atoms with van der Waals surface area (Å²) in [6, 6.07) is 10.6. The van der Waals surface area contributed by atoms with Crippen LogP contribution in [0.1, 0.15) is 42.0 Å². The number of hydrogen-bond acceptors (Lipinski definition) is 4. The third-order valence-corrected chi connectivity index (χ3v) is 3.71. The van der Waals surface area contributed by atoms with Gasteiger partial charge in [0.25, 0.3) is 5.91 Å². The first kappa shape index (κ1) is 16.0. The van der Waals surface area contributed by atoms with E-state index in [0.29, 0.717) is 5.76 Å². The molecule has 0 aliphatic heterocycles. The molecule has 6 nitrogen and oxygen atoms in total. The fourth-order valence-electron chi connectivity index (χ4n) is 2.76. The van der Waals surface area contributed by atoms with Gasteiger partial charge in [0.1, 0.15) is 11.6 Å². The third-order valence-electron chi connectivity index (χ3n) is 3.71. The number of nitrogens with one attached hydrogen (secondary N) is 1. The van der Waals surface area contributed by atoms with Gasteiger partial charge in [-0.3, -0.25) is 9.59 Å². The molecule has 0 spiro atoms. The second kappa shape index (κ2) is 6.31. The normalized spacial score (nSPS) is 11.2. The van der Waals surface area contributed by atoms with Gasteiger partial charge in [-0.2, -0.15) is 0 Å². The molecule has 0 saturated carbocycles. The van der Waals surface area contributed by atoms with Crippen LogP contribution < -0.4 is 10.7 Å². The quantitative estimate of drug-likeness (QED) is 0.800. The van der Waals surface area contributed by atoms with E-state index >= 15 is 0 Å². The first-order chi connectivity index (χ1) is 11.5. The van der Waals surface area contributed by atoms with Crippen LogP contribution in [0.25, 0.3) is 11.0 Å². The molecule has 0 radical (unpaired) electrons. The summed E-state index contributed by atoms with van der Waals surface area (Å²) in [5.41, 5.74) is 1.66. The van der Waals surface area contributed by atoms with Gasteiger partial charge in [-0.1, -0.05) is 12.1 Å². The Labute approximate surface area is 139 Å². The van der Waals surface area contributed by atoms with Crippen molar-refractivity contribution >= 4 is 16.9 Å². The van der Waals surface area contributed by atoms with Crippen molar-refractivity contribution in [1.82, 2.24) is 14.9 Å². The minimum atomic E-state index is -0.432. The van der Waals surface area contributed by atoms with Crippen LogP contribution in [0, 0.1) is 6.92 Å². The fraction of sp³-hybridized carbons (Fsp3) is 0.278. The molecular weight excluding hydrogens is 306 g/mol. The molecule has 0 aliphatic carbocycles. The number of hydrogen-bond donors (Lipinski definition) is 1. The molecule has 0 saturated heterocycles. The molecular formula is C18H19N3O3. The number of carbonyl (C=O) groups excluding carboxylic acids is 1. The van der Waals surface area contributed by atoms with Crippen molar-refractivity contribution in [2.24, 2.45) is 0 Å². The first-order valence-corrected chi connectivity index (χ1v) is 7.81. The number of amides is 1. The number of fused-ring (bicyclic) bond motifs is 1. The summed E-state index contributed by atoms with van der Waals surface area (Å²) in [6.45, 7) is 6.03. The van der Waals surface area contributed by atoms with Crippen LogP contribution in [0.2, 0.25) is 0 Å². The Morgan fingerprint density at radius 2 is 2.04 bits per heavy atom. The maximum absolute atomic E-state index is 12.2. The molecule has 2 aromatic heterocycles. The maximum Gasteiger partial charge on any atom is 0.287 e. The topological polar surface area (TPSA) is 77.1 Å². The van der Waals surface area contributed by atoms with Gasteiger partial charge < -0.3 is 14.3 Å². The number of nitrogens with zero attached hydrogens (tertiary/aromatic N) is 2. The lowest BCUT2D eigenvalue weighted by atomic mass is 10.3. The van der Waals surface area contributed by atoms with Gasteiger partial charge in [0.2, 0.25) is 0 Å². The van der Waals surface area contributed by atoms with E-state index in [9.17, 15) is 9.59 Å². The van der Waals surface area contributed by atoms with Crippen LogP contribution >= 0.6 is 0 Å². The molecule has 0 fully saturated rings. The van der Waals surface area contributed by atoms with E-state index in [1.54, 1.807) is 6.92 Å². The van der Waals surface area contributed by atoms with Gasteiger partial charge in [0.15, 0.2) is 11.2 Å². The zero-order valence-corrected chi connectivity index (χ0v) is 13.9. The van der Waals surface area contributed by atoms with Crippen molar-refractivity contribution in [1.29, 1.82) is 0 Å². The van der Waals surface area contributed by atoms with Crippen LogP contribution in [0.4, 0.5) is 0 Å². The Bertz CT molecular complexity index is 954. The van der Waals surface area contributed by atoms with Crippen molar-refractivity contribution in [3.8, 4) is 0 Å². The molecule has 3 aromatic rings. The van der Waals surface area contributed by atoms with Crippen LogP contribution in [-0.4, -0.2) is 15.5 Å². The van der Waals surface area contributed by atoms with Crippen molar-refractivity contribution in [3.63, 3.8) is 0 Å². The van der Waals surface area contributed by atoms with E-state index in [4.69, 9.17) is 4.42 Å². The second-order valence-electron chi connectivity index (χ2n) is 5.93. The van der Waals surface area contributed by atoms with Crippen molar-refractivity contribution < 1.29 is 9.21 Å². The predicted octanol–water partition coefficient (Wildman–Crippen LogP) is 2.81. The lowest BCUT2D eigenvalue weighted by Gasteiger charge is -2.13. The zero-order valence-electron chi connectivity index (χ0n) is 13.9. The summed E-state index contributed by atoms with van der Waals surface area (Å²) in [5.74, 6) is 0.738. The minimum absolute atomic E-state index is 0.00667. The van der Waals surface area contributed by atoms with Gasteiger partial charge in [0.05, 0.1) is 17.6 Å². The highest BCUT2D eigenvalue weighted by Crippen LogP contribution is 2.20. The van der Waals surface area contributed by atoms with E-state index in [1.165, 1.54) is 12.1 Å². The second-order valence-corrected chi connectivity index (χ2v) is 5.93. The standard InChI is InChI=1S/C18H19N3O3/c1-11(2)21-15-7-5-4-6-14(15)20-17(21)10-19-18(23)16-9-13(22)8-12(3)24-16/h4-9,11H,10H2,1-3H3,(H,19,23). The summed E-state index contributed by atoms with van der Waals surface area (Å²) < 4.78 is 7.39. The Balaban J connectivity index is 1.86. The van der Waals surface area contributed by atoms with Crippen LogP contribution in [0.15, 0.2) is 45.6 Å². The molecule has 2 heterocycles. The Morgan fingerprint density at radius 3 is 2.75 bits per heavy atom. The Morgan fingerprint density at radius 1 is 1.29 bits per heavy atom. The van der Waals surface area contributed by atoms with E-state index in [0.717, 1.165) is 16.9 Å². The first-order valence-electron chi connectivity index (χ1n) is 7.81. The van der Waals surface area contributed by atoms with Crippen molar-refractivity contribution in [3.05, 3.63) is 64.0 Å². The van der Waals surface area contributed by atoms with Gasteiger partial charge in [-0.25, -0.2) is 4.98 Å². The molecule has 124 valence electrons. The third kappa shape index (κ3) is 3.08. The van der Waals surface area contributed by atoms with Gasteiger partial charge >= 0.3 is 0 Å². The molecule has 0 atom stereocenters. The molecule has 1 N–H and O–H groups in total. The molecule has 1 amide bonds. The highest BCUT2D eigenvalue weighted by Gasteiger charge is 2.15. The number of aryl methyl sites for hydroxylation is 1. The molecule has 0 unspecified atom stereocenters. The van der Waals surface area contributed by atoms with Crippen molar-refractivity contribution in [2.45, 2.75) is 33.4 Å². The number of para-hydroxylation sites is 2. The minimum Gasteiger partial charge on any atom is -0.456 e. The van der Waals surface area contributed by atoms with E-state index in [2.05, 4.69) is 28.7 Å². The predicted molar refractivity (Wildman–Crippen MR) is 91.0 cm³/mol. The van der Waals surface area contributed by atoms with E-state index in [-0.39, 0.29) is 23.8 Å². The average Bonchev–Trinajstić information content (AvgIpc) is 2.90. The SMILES string of the molecule is Cc1cc(=O)cc(C(=O)NCc2nc3ccccc3n2C(C)C)o1.